The maximum absolute atomic E-state index is 12.5. The second kappa shape index (κ2) is 7.25. The molecule has 2 aliphatic rings. The molecular weight excluding hydrogens is 318 g/mol. The van der Waals surface area contributed by atoms with E-state index in [1.54, 1.807) is 6.92 Å². The van der Waals surface area contributed by atoms with Crippen LogP contribution in [0.25, 0.3) is 0 Å². The lowest BCUT2D eigenvalue weighted by Gasteiger charge is -2.26. The van der Waals surface area contributed by atoms with Crippen LogP contribution in [-0.2, 0) is 16.2 Å². The molecule has 1 saturated heterocycles. The fraction of sp³-hybridized carbons (Fsp3) is 0.526. The number of hydrogen-bond donors (Lipinski definition) is 1. The minimum atomic E-state index is -0.922. The standard InChI is InChI=1S/C19H25N3O3/c1-14-12-19(2,25-21-14)18(24)20-13-15-6-8-16(9-7-15)17(23)22-10-4-3-5-11-22/h6-9H,3-5,10-13H2,1-2H3,(H,20,24). The molecule has 0 aromatic heterocycles. The molecular formula is C19H25N3O3. The van der Waals surface area contributed by atoms with Crippen LogP contribution in [0.5, 0.6) is 0 Å². The first-order valence-electron chi connectivity index (χ1n) is 8.86. The highest BCUT2D eigenvalue weighted by molar-refractivity contribution is 5.95. The van der Waals surface area contributed by atoms with E-state index in [0.717, 1.165) is 37.2 Å². The molecule has 2 heterocycles. The number of oxime groups is 1. The average Bonchev–Trinajstić information content (AvgIpc) is 3.00. The normalized spacial score (nSPS) is 23.0. The summed E-state index contributed by atoms with van der Waals surface area (Å²) in [6, 6.07) is 7.44. The third-order valence-electron chi connectivity index (χ3n) is 4.77. The molecule has 1 aromatic carbocycles. The predicted octanol–water partition coefficient (Wildman–Crippen LogP) is 2.48. The van der Waals surface area contributed by atoms with Gasteiger partial charge in [-0.25, -0.2) is 0 Å². The summed E-state index contributed by atoms with van der Waals surface area (Å²) < 4.78 is 0. The van der Waals surface area contributed by atoms with Gasteiger partial charge in [0, 0.05) is 31.6 Å². The van der Waals surface area contributed by atoms with Gasteiger partial charge in [-0.3, -0.25) is 9.59 Å². The van der Waals surface area contributed by atoms with E-state index in [1.165, 1.54) is 6.42 Å². The molecule has 2 amide bonds. The lowest BCUT2D eigenvalue weighted by molar-refractivity contribution is -0.141. The second-order valence-electron chi connectivity index (χ2n) is 7.06. The van der Waals surface area contributed by atoms with E-state index in [2.05, 4.69) is 10.5 Å². The van der Waals surface area contributed by atoms with E-state index in [-0.39, 0.29) is 11.8 Å². The van der Waals surface area contributed by atoms with E-state index in [0.29, 0.717) is 18.5 Å². The Morgan fingerprint density at radius 2 is 1.88 bits per heavy atom. The molecule has 0 radical (unpaired) electrons. The van der Waals surface area contributed by atoms with Crippen molar-refractivity contribution in [3.8, 4) is 0 Å². The molecule has 0 aliphatic carbocycles. The molecule has 1 fully saturated rings. The molecule has 2 aliphatic heterocycles. The van der Waals surface area contributed by atoms with Crippen LogP contribution in [0.1, 0.15) is 55.5 Å². The average molecular weight is 343 g/mol. The van der Waals surface area contributed by atoms with Crippen LogP contribution < -0.4 is 5.32 Å². The smallest absolute Gasteiger partial charge is 0.267 e. The molecule has 0 bridgehead atoms. The van der Waals surface area contributed by atoms with Crippen LogP contribution in [0, 0.1) is 0 Å². The van der Waals surface area contributed by atoms with Gasteiger partial charge in [-0.05, 0) is 50.8 Å². The molecule has 3 rings (SSSR count). The van der Waals surface area contributed by atoms with Crippen molar-refractivity contribution >= 4 is 17.5 Å². The van der Waals surface area contributed by atoms with Crippen LogP contribution >= 0.6 is 0 Å². The van der Waals surface area contributed by atoms with Crippen LogP contribution in [-0.4, -0.2) is 41.1 Å². The largest absolute Gasteiger partial charge is 0.379 e. The Labute approximate surface area is 148 Å². The number of carbonyl (C=O) groups is 2. The summed E-state index contributed by atoms with van der Waals surface area (Å²) >= 11 is 0. The van der Waals surface area contributed by atoms with Crippen molar-refractivity contribution in [2.45, 2.75) is 51.7 Å². The van der Waals surface area contributed by atoms with Crippen molar-refractivity contribution in [1.82, 2.24) is 10.2 Å². The zero-order valence-corrected chi connectivity index (χ0v) is 14.9. The minimum Gasteiger partial charge on any atom is -0.379 e. The molecule has 25 heavy (non-hydrogen) atoms. The first kappa shape index (κ1) is 17.5. The predicted molar refractivity (Wildman–Crippen MR) is 95.3 cm³/mol. The summed E-state index contributed by atoms with van der Waals surface area (Å²) in [6.45, 7) is 5.67. The van der Waals surface area contributed by atoms with Crippen molar-refractivity contribution < 1.29 is 14.4 Å². The molecule has 6 heteroatoms. The highest BCUT2D eigenvalue weighted by atomic mass is 16.7. The van der Waals surface area contributed by atoms with Gasteiger partial charge in [-0.1, -0.05) is 17.3 Å². The number of nitrogens with one attached hydrogen (secondary N) is 1. The van der Waals surface area contributed by atoms with Crippen molar-refractivity contribution in [3.05, 3.63) is 35.4 Å². The van der Waals surface area contributed by atoms with E-state index in [9.17, 15) is 9.59 Å². The highest BCUT2D eigenvalue weighted by Gasteiger charge is 2.40. The molecule has 0 spiro atoms. The fourth-order valence-corrected chi connectivity index (χ4v) is 3.27. The number of hydrogen-bond acceptors (Lipinski definition) is 4. The summed E-state index contributed by atoms with van der Waals surface area (Å²) in [5, 5.41) is 6.74. The molecule has 1 N–H and O–H groups in total. The number of piperidine rings is 1. The Morgan fingerprint density at radius 1 is 1.20 bits per heavy atom. The maximum Gasteiger partial charge on any atom is 0.267 e. The van der Waals surface area contributed by atoms with Gasteiger partial charge in [-0.15, -0.1) is 0 Å². The fourth-order valence-electron chi connectivity index (χ4n) is 3.27. The topological polar surface area (TPSA) is 71.0 Å². The maximum atomic E-state index is 12.5. The van der Waals surface area contributed by atoms with Gasteiger partial charge in [0.1, 0.15) is 0 Å². The summed E-state index contributed by atoms with van der Waals surface area (Å²) in [5.41, 5.74) is 1.54. The van der Waals surface area contributed by atoms with E-state index >= 15 is 0 Å². The molecule has 1 aromatic rings. The van der Waals surface area contributed by atoms with Crippen molar-refractivity contribution in [1.29, 1.82) is 0 Å². The minimum absolute atomic E-state index is 0.0924. The lowest BCUT2D eigenvalue weighted by atomic mass is 9.99. The van der Waals surface area contributed by atoms with Gasteiger partial charge in [0.05, 0.1) is 5.71 Å². The number of carbonyl (C=O) groups excluding carboxylic acids is 2. The summed E-state index contributed by atoms with van der Waals surface area (Å²) in [7, 11) is 0. The van der Waals surface area contributed by atoms with Gasteiger partial charge in [0.2, 0.25) is 5.60 Å². The summed E-state index contributed by atoms with van der Waals surface area (Å²) in [5.74, 6) is -0.0867. The van der Waals surface area contributed by atoms with Crippen molar-refractivity contribution in [3.63, 3.8) is 0 Å². The Balaban J connectivity index is 1.54. The molecule has 134 valence electrons. The van der Waals surface area contributed by atoms with Crippen molar-refractivity contribution in [2.75, 3.05) is 13.1 Å². The third-order valence-corrected chi connectivity index (χ3v) is 4.77. The van der Waals surface area contributed by atoms with Crippen LogP contribution in [0.15, 0.2) is 29.4 Å². The van der Waals surface area contributed by atoms with Gasteiger partial charge >= 0.3 is 0 Å². The van der Waals surface area contributed by atoms with Crippen LogP contribution in [0.2, 0.25) is 0 Å². The third kappa shape index (κ3) is 4.00. The number of nitrogens with zero attached hydrogens (tertiary/aromatic N) is 2. The number of likely N-dealkylation sites (tertiary alicyclic amines) is 1. The van der Waals surface area contributed by atoms with E-state index < -0.39 is 5.60 Å². The first-order chi connectivity index (χ1) is 12.0. The van der Waals surface area contributed by atoms with Crippen LogP contribution in [0.4, 0.5) is 0 Å². The molecule has 0 saturated carbocycles. The van der Waals surface area contributed by atoms with E-state index in [1.807, 2.05) is 36.1 Å². The Bertz CT molecular complexity index is 678. The van der Waals surface area contributed by atoms with Gasteiger partial charge < -0.3 is 15.1 Å². The van der Waals surface area contributed by atoms with Gasteiger partial charge in [-0.2, -0.15) is 0 Å². The monoisotopic (exact) mass is 343 g/mol. The molecule has 1 unspecified atom stereocenters. The highest BCUT2D eigenvalue weighted by Crippen LogP contribution is 2.23. The first-order valence-corrected chi connectivity index (χ1v) is 8.86. The quantitative estimate of drug-likeness (QED) is 0.913. The summed E-state index contributed by atoms with van der Waals surface area (Å²) in [4.78, 5) is 31.9. The van der Waals surface area contributed by atoms with Crippen LogP contribution in [0.3, 0.4) is 0 Å². The Kier molecular flexibility index (Phi) is 5.06. The Morgan fingerprint density at radius 3 is 2.48 bits per heavy atom. The molecule has 6 nitrogen and oxygen atoms in total. The van der Waals surface area contributed by atoms with Crippen molar-refractivity contribution in [2.24, 2.45) is 5.16 Å². The number of rotatable bonds is 4. The number of amides is 2. The Hall–Kier alpha value is -2.37. The molecule has 1 atom stereocenters. The summed E-state index contributed by atoms with van der Waals surface area (Å²) in [6.07, 6.45) is 3.87. The van der Waals surface area contributed by atoms with Gasteiger partial charge in [0.25, 0.3) is 11.8 Å². The lowest BCUT2D eigenvalue weighted by Crippen LogP contribution is -2.44. The zero-order chi connectivity index (χ0) is 17.9. The second-order valence-corrected chi connectivity index (χ2v) is 7.06. The number of benzene rings is 1. The van der Waals surface area contributed by atoms with E-state index in [4.69, 9.17) is 4.84 Å². The van der Waals surface area contributed by atoms with Gasteiger partial charge in [0.15, 0.2) is 0 Å². The zero-order valence-electron chi connectivity index (χ0n) is 14.9. The SMILES string of the molecule is CC1=NOC(C)(C(=O)NCc2ccc(C(=O)N3CCCCC3)cc2)C1.